The molecule has 2 amide bonds. The van der Waals surface area contributed by atoms with Crippen molar-refractivity contribution in [1.29, 1.82) is 0 Å². The molecule has 6 rings (SSSR count). The molecule has 6 N–H and O–H groups in total. The van der Waals surface area contributed by atoms with Crippen LogP contribution in [-0.4, -0.2) is 64.5 Å². The molecule has 0 fully saturated rings. The van der Waals surface area contributed by atoms with Gasteiger partial charge in [0, 0.05) is 75.9 Å². The third-order valence-electron chi connectivity index (χ3n) is 11.2. The number of methoxy groups -OCH3 is 2. The van der Waals surface area contributed by atoms with Crippen molar-refractivity contribution in [3.8, 4) is 0 Å². The van der Waals surface area contributed by atoms with Crippen molar-refractivity contribution in [2.24, 2.45) is 0 Å². The quantitative estimate of drug-likeness (QED) is 0.0541. The summed E-state index contributed by atoms with van der Waals surface area (Å²) in [6, 6.07) is 12.9. The van der Waals surface area contributed by atoms with E-state index in [2.05, 4.69) is 47.1 Å². The topological polar surface area (TPSA) is 194 Å². The molecule has 0 saturated carbocycles. The van der Waals surface area contributed by atoms with Crippen LogP contribution in [0.5, 0.6) is 0 Å². The number of carbonyl (C=O) groups excluding carboxylic acids is 4. The number of amides is 2. The van der Waals surface area contributed by atoms with E-state index in [0.717, 1.165) is 50.7 Å². The number of aryl methyl sites for hydroxylation is 3. The molecule has 0 aliphatic carbocycles. The van der Waals surface area contributed by atoms with Crippen molar-refractivity contribution in [2.75, 3.05) is 31.8 Å². The summed E-state index contributed by atoms with van der Waals surface area (Å²) in [5.74, 6) is -2.48. The van der Waals surface area contributed by atoms with E-state index in [1.807, 2.05) is 32.1 Å². The predicted octanol–water partition coefficient (Wildman–Crippen LogP) is 7.81. The molecule has 2 aliphatic rings. The molecule has 2 atom stereocenters. The van der Waals surface area contributed by atoms with Crippen LogP contribution in [0.2, 0.25) is 0 Å². The van der Waals surface area contributed by atoms with Gasteiger partial charge < -0.3 is 35.8 Å². The number of hydrogen-bond donors (Lipinski definition) is 5. The first-order chi connectivity index (χ1) is 27.8. The lowest BCUT2D eigenvalue weighted by Crippen LogP contribution is -2.26. The fraction of sp³-hybridized carbons (Fsp3) is 0.333. The van der Waals surface area contributed by atoms with Gasteiger partial charge in [-0.25, -0.2) is 14.6 Å². The van der Waals surface area contributed by atoms with Crippen LogP contribution in [0.25, 0.3) is 39.3 Å². The molecule has 8 bridgehead atoms. The minimum atomic E-state index is -0.720. The molecule has 0 spiro atoms. The lowest BCUT2D eigenvalue weighted by molar-refractivity contribution is -0.133. The molecule has 1 aromatic carbocycles. The Kier molecular flexibility index (Phi) is 12.3. The molecular weight excluding hydrogens is 735 g/mol. The second kappa shape index (κ2) is 17.3. The van der Waals surface area contributed by atoms with E-state index >= 15 is 0 Å². The van der Waals surface area contributed by atoms with Crippen LogP contribution in [0, 0.1) is 13.8 Å². The van der Waals surface area contributed by atoms with Crippen molar-refractivity contribution in [3.05, 3.63) is 99.6 Å². The highest BCUT2D eigenvalue weighted by Gasteiger charge is 2.38. The number of ether oxygens (including phenoxy) is 2. The Morgan fingerprint density at radius 2 is 1.62 bits per heavy atom. The summed E-state index contributed by atoms with van der Waals surface area (Å²) >= 11 is 0. The fourth-order valence-corrected chi connectivity index (χ4v) is 7.92. The first-order valence-corrected chi connectivity index (χ1v) is 19.5. The number of nitrogens with two attached hydrogens (primary N) is 1. The molecule has 302 valence electrons. The first-order valence-electron chi connectivity index (χ1n) is 19.5. The largest absolute Gasteiger partial charge is 0.465 e. The number of nitrogens with one attached hydrogen (secondary N) is 4. The first kappa shape index (κ1) is 41.1. The van der Waals surface area contributed by atoms with Gasteiger partial charge in [0.1, 0.15) is 5.56 Å². The van der Waals surface area contributed by atoms with Crippen LogP contribution in [0.1, 0.15) is 114 Å². The number of rotatable bonds is 12. The van der Waals surface area contributed by atoms with Crippen molar-refractivity contribution >= 4 is 74.4 Å². The van der Waals surface area contributed by atoms with E-state index in [-0.39, 0.29) is 47.4 Å². The minimum Gasteiger partial charge on any atom is -0.465 e. The summed E-state index contributed by atoms with van der Waals surface area (Å²) in [6.45, 7) is 14.4. The van der Waals surface area contributed by atoms with Gasteiger partial charge in [-0.05, 0) is 98.7 Å². The van der Waals surface area contributed by atoms with E-state index in [1.54, 1.807) is 31.2 Å². The molecule has 13 heteroatoms. The summed E-state index contributed by atoms with van der Waals surface area (Å²) in [6.07, 6.45) is 3.63. The number of aromatic amines is 2. The van der Waals surface area contributed by atoms with Crippen LogP contribution in [-0.2, 0) is 30.3 Å². The van der Waals surface area contributed by atoms with E-state index in [0.29, 0.717) is 53.4 Å². The Morgan fingerprint density at radius 3 is 2.31 bits per heavy atom. The van der Waals surface area contributed by atoms with Crippen molar-refractivity contribution in [1.82, 2.24) is 25.3 Å². The lowest BCUT2D eigenvalue weighted by Gasteiger charge is -2.18. The molecule has 5 heterocycles. The standard InChI is InChI=1S/C45H51N7O6/c1-9-29-23(3)32-20-34-25(5)31(16-17-38(53)47-18-12-15-39(54)48-28-14-11-13-27(46)19-28)42(51-34)41(45(56)58-8)43-40(44(55)57-7)26(6)35(52-43)22-37-30(10-2)24(4)33(50-37)21-36(29)49-32/h9,11,13-14,19-22,25,31,49-50H,1,10,12,15-18,46H2,2-8H3,(H,47,53)(H,48,54)/t25-,31-/m0/s1. The van der Waals surface area contributed by atoms with E-state index in [1.165, 1.54) is 14.2 Å². The summed E-state index contributed by atoms with van der Waals surface area (Å²) in [5, 5.41) is 5.74. The van der Waals surface area contributed by atoms with Crippen LogP contribution in [0.3, 0.4) is 0 Å². The van der Waals surface area contributed by atoms with Gasteiger partial charge in [-0.1, -0.05) is 32.6 Å². The number of nitrogen functional groups attached to an aromatic ring is 1. The molecule has 3 aromatic heterocycles. The molecule has 0 radical (unpaired) electrons. The number of benzene rings is 1. The zero-order valence-corrected chi connectivity index (χ0v) is 34.1. The van der Waals surface area contributed by atoms with Crippen molar-refractivity contribution in [2.45, 2.75) is 78.6 Å². The van der Waals surface area contributed by atoms with Crippen LogP contribution in [0.15, 0.2) is 49.0 Å². The maximum Gasteiger partial charge on any atom is 0.341 e. The summed E-state index contributed by atoms with van der Waals surface area (Å²) in [5.41, 5.74) is 16.8. The highest BCUT2D eigenvalue weighted by Crippen LogP contribution is 2.44. The molecule has 0 unspecified atom stereocenters. The molecule has 2 aliphatic heterocycles. The zero-order valence-electron chi connectivity index (χ0n) is 34.1. The highest BCUT2D eigenvalue weighted by molar-refractivity contribution is 6.26. The number of esters is 2. The van der Waals surface area contributed by atoms with Crippen molar-refractivity contribution < 1.29 is 28.7 Å². The van der Waals surface area contributed by atoms with Crippen LogP contribution < -0.4 is 16.4 Å². The van der Waals surface area contributed by atoms with E-state index in [9.17, 15) is 19.2 Å². The normalized spacial score (nSPS) is 14.9. The Balaban J connectivity index is 1.44. The van der Waals surface area contributed by atoms with Crippen LogP contribution >= 0.6 is 0 Å². The number of anilines is 2. The average molecular weight is 786 g/mol. The maximum atomic E-state index is 14.0. The highest BCUT2D eigenvalue weighted by atomic mass is 16.5. The second-order valence-corrected chi connectivity index (χ2v) is 14.7. The Bertz CT molecular complexity index is 2530. The number of carbonyl (C=O) groups is 4. The van der Waals surface area contributed by atoms with Gasteiger partial charge in [-0.15, -0.1) is 0 Å². The van der Waals surface area contributed by atoms with Gasteiger partial charge in [0.05, 0.1) is 36.9 Å². The smallest absolute Gasteiger partial charge is 0.341 e. The third-order valence-corrected chi connectivity index (χ3v) is 11.2. The Labute approximate surface area is 337 Å². The van der Waals surface area contributed by atoms with E-state index < -0.39 is 17.9 Å². The number of fused-ring (bicyclic) bond motifs is 8. The fourth-order valence-electron chi connectivity index (χ4n) is 7.92. The number of aromatic nitrogens is 4. The number of H-pyrrole nitrogens is 2. The Hall–Kier alpha value is -6.50. The summed E-state index contributed by atoms with van der Waals surface area (Å²) < 4.78 is 10.6. The average Bonchev–Trinajstić information content (AvgIpc) is 3.88. The number of allylic oxidation sites excluding steroid dienone is 1. The number of nitrogens with zero attached hydrogens (tertiary/aromatic N) is 2. The molecule has 4 aromatic rings. The number of hydrogen-bond acceptors (Lipinski definition) is 9. The summed E-state index contributed by atoms with van der Waals surface area (Å²) in [7, 11) is 2.56. The molecule has 0 saturated heterocycles. The molecule has 13 nitrogen and oxygen atoms in total. The van der Waals surface area contributed by atoms with Gasteiger partial charge in [0.2, 0.25) is 11.8 Å². The Morgan fingerprint density at radius 1 is 0.897 bits per heavy atom. The van der Waals surface area contributed by atoms with Gasteiger partial charge in [-0.2, -0.15) is 0 Å². The second-order valence-electron chi connectivity index (χ2n) is 14.7. The van der Waals surface area contributed by atoms with Gasteiger partial charge in [0.25, 0.3) is 0 Å². The maximum absolute atomic E-state index is 14.0. The van der Waals surface area contributed by atoms with Gasteiger partial charge in [-0.3, -0.25) is 14.6 Å². The van der Waals surface area contributed by atoms with Gasteiger partial charge >= 0.3 is 11.9 Å². The van der Waals surface area contributed by atoms with Crippen LogP contribution in [0.4, 0.5) is 11.4 Å². The van der Waals surface area contributed by atoms with Crippen molar-refractivity contribution in [3.63, 3.8) is 0 Å². The monoisotopic (exact) mass is 785 g/mol. The molecule has 58 heavy (non-hydrogen) atoms. The zero-order chi connectivity index (χ0) is 41.8. The van der Waals surface area contributed by atoms with E-state index in [4.69, 9.17) is 25.2 Å². The third kappa shape index (κ3) is 8.15. The van der Waals surface area contributed by atoms with Gasteiger partial charge in [0.15, 0.2) is 0 Å². The lowest BCUT2D eigenvalue weighted by atomic mass is 9.85. The molecular formula is C45H51N7O6. The minimum absolute atomic E-state index is 0.0349. The predicted molar refractivity (Wildman–Crippen MR) is 228 cm³/mol. The SMILES string of the molecule is C=Cc1c(C)c2cc3nc(c(C(=O)OC)c4nc(cc5[nH]c(cc1[nH]2)c(C)c5CC)C(C)=C4C(=O)OC)[C@@H](CCC(=O)NCCCC(=O)Nc1cccc(N)c1)[C@@H]3C. The summed E-state index contributed by atoms with van der Waals surface area (Å²) in [4.78, 5) is 70.6.